The molecular formula is C6H7NO4. The number of rotatable bonds is 1. The lowest BCUT2D eigenvalue weighted by Gasteiger charge is -2.09. The van der Waals surface area contributed by atoms with Crippen LogP contribution in [-0.2, 0) is 19.2 Å². The molecule has 0 N–H and O–H groups in total. The second-order valence-corrected chi connectivity index (χ2v) is 2.05. The zero-order chi connectivity index (χ0) is 9.14. The van der Waals surface area contributed by atoms with E-state index in [4.69, 9.17) is 1.37 Å². The Morgan fingerprint density at radius 1 is 1.55 bits per heavy atom. The predicted molar refractivity (Wildman–Crippen MR) is 32.9 cm³/mol. The van der Waals surface area contributed by atoms with E-state index in [2.05, 4.69) is 4.84 Å². The molecule has 1 aliphatic rings. The van der Waals surface area contributed by atoms with E-state index < -0.39 is 24.7 Å². The van der Waals surface area contributed by atoms with Crippen molar-refractivity contribution >= 4 is 17.8 Å². The summed E-state index contributed by atoms with van der Waals surface area (Å²) in [5.74, 6) is -1.96. The van der Waals surface area contributed by atoms with E-state index in [0.717, 1.165) is 0 Å². The van der Waals surface area contributed by atoms with Gasteiger partial charge in [-0.1, -0.05) is 0 Å². The molecule has 0 aromatic carbocycles. The summed E-state index contributed by atoms with van der Waals surface area (Å²) in [6.07, 6.45) is 0.147. The van der Waals surface area contributed by atoms with Crippen molar-refractivity contribution in [3.05, 3.63) is 0 Å². The van der Waals surface area contributed by atoms with E-state index in [0.29, 0.717) is 5.06 Å². The molecular weight excluding hydrogens is 150 g/mol. The molecule has 0 saturated carbocycles. The van der Waals surface area contributed by atoms with Gasteiger partial charge in [-0.2, -0.15) is 0 Å². The zero-order valence-electron chi connectivity index (χ0n) is 6.70. The van der Waals surface area contributed by atoms with Gasteiger partial charge in [-0.25, -0.2) is 4.79 Å². The van der Waals surface area contributed by atoms with Gasteiger partial charge in [0.25, 0.3) is 11.8 Å². The van der Waals surface area contributed by atoms with Gasteiger partial charge in [-0.05, 0) is 0 Å². The van der Waals surface area contributed by atoms with Gasteiger partial charge in [0.05, 0.1) is 0 Å². The average Bonchev–Trinajstić information content (AvgIpc) is 2.35. The minimum Gasteiger partial charge on any atom is -0.331 e. The largest absolute Gasteiger partial charge is 0.331 e. The summed E-state index contributed by atoms with van der Waals surface area (Å²) < 4.78 is 6.58. The van der Waals surface area contributed by atoms with E-state index >= 15 is 0 Å². The Morgan fingerprint density at radius 2 is 2.09 bits per heavy atom. The Balaban J connectivity index is 2.56. The van der Waals surface area contributed by atoms with Crippen molar-refractivity contribution < 1.29 is 20.6 Å². The Kier molecular flexibility index (Phi) is 1.55. The molecule has 0 aliphatic carbocycles. The highest BCUT2D eigenvalue weighted by Gasteiger charge is 2.31. The van der Waals surface area contributed by atoms with Gasteiger partial charge in [0.15, 0.2) is 0 Å². The summed E-state index contributed by atoms with van der Waals surface area (Å²) >= 11 is 0. The Hall–Kier alpha value is -1.39. The standard InChI is InChI=1S/C6H7NO4/c1-4(8)11-7-5(9)2-3-6(7)10/h2-3H2,1H3/i1T. The van der Waals surface area contributed by atoms with Crippen molar-refractivity contribution in [1.29, 1.82) is 0 Å². The third-order valence-electron chi connectivity index (χ3n) is 1.20. The number of hydrogen-bond acceptors (Lipinski definition) is 4. The molecule has 1 rings (SSSR count). The first kappa shape index (κ1) is 6.33. The number of hydrogen-bond donors (Lipinski definition) is 0. The lowest BCUT2D eigenvalue weighted by molar-refractivity contribution is -0.195. The van der Waals surface area contributed by atoms with E-state index in [1.54, 1.807) is 0 Å². The van der Waals surface area contributed by atoms with Gasteiger partial charge in [-0.15, -0.1) is 5.06 Å². The molecule has 0 aromatic heterocycles. The van der Waals surface area contributed by atoms with Crippen LogP contribution in [0.2, 0.25) is 0 Å². The first-order valence-electron chi connectivity index (χ1n) is 3.71. The third kappa shape index (κ3) is 1.54. The molecule has 0 spiro atoms. The van der Waals surface area contributed by atoms with Crippen LogP contribution in [0.5, 0.6) is 0 Å². The summed E-state index contributed by atoms with van der Waals surface area (Å²) in [5, 5.41) is 0.427. The second kappa shape index (κ2) is 2.69. The third-order valence-corrected chi connectivity index (χ3v) is 1.20. The summed E-state index contributed by atoms with van der Waals surface area (Å²) in [6, 6.07) is 0. The topological polar surface area (TPSA) is 63.7 Å². The average molecular weight is 159 g/mol. The molecule has 1 saturated heterocycles. The number of amides is 2. The van der Waals surface area contributed by atoms with E-state index in [1.165, 1.54) is 0 Å². The molecule has 0 aromatic rings. The highest BCUT2D eigenvalue weighted by molar-refractivity contribution is 6.01. The fraction of sp³-hybridized carbons (Fsp3) is 0.500. The molecule has 5 nitrogen and oxygen atoms in total. The first-order valence-corrected chi connectivity index (χ1v) is 3.01. The highest BCUT2D eigenvalue weighted by Crippen LogP contribution is 2.11. The fourth-order valence-corrected chi connectivity index (χ4v) is 0.760. The van der Waals surface area contributed by atoms with Gasteiger partial charge in [0.1, 0.15) is 0 Å². The van der Waals surface area contributed by atoms with Crippen LogP contribution in [0.3, 0.4) is 0 Å². The lowest BCUT2D eigenvalue weighted by atomic mass is 10.4. The van der Waals surface area contributed by atoms with Crippen molar-refractivity contribution in [2.75, 3.05) is 0 Å². The maximum atomic E-state index is 10.8. The number of hydroxylamine groups is 2. The minimum atomic E-state index is -0.904. The van der Waals surface area contributed by atoms with Crippen LogP contribution in [0.15, 0.2) is 0 Å². The molecule has 0 radical (unpaired) electrons. The maximum Gasteiger partial charge on any atom is 0.330 e. The van der Waals surface area contributed by atoms with Crippen LogP contribution in [0, 0.1) is 0 Å². The van der Waals surface area contributed by atoms with Crippen molar-refractivity contribution in [3.63, 3.8) is 0 Å². The van der Waals surface area contributed by atoms with E-state index in [-0.39, 0.29) is 12.8 Å². The van der Waals surface area contributed by atoms with Crippen molar-refractivity contribution in [1.82, 2.24) is 5.06 Å². The van der Waals surface area contributed by atoms with Crippen LogP contribution < -0.4 is 0 Å². The molecule has 1 fully saturated rings. The molecule has 1 heterocycles. The van der Waals surface area contributed by atoms with Crippen LogP contribution in [0.25, 0.3) is 0 Å². The Morgan fingerprint density at radius 3 is 2.55 bits per heavy atom. The van der Waals surface area contributed by atoms with Crippen LogP contribution in [0.1, 0.15) is 21.1 Å². The number of imide groups is 1. The summed E-state index contributed by atoms with van der Waals surface area (Å²) in [7, 11) is 0. The number of carbonyl (C=O) groups is 3. The maximum absolute atomic E-state index is 10.8. The van der Waals surface area contributed by atoms with E-state index in [1.807, 2.05) is 0 Å². The fourth-order valence-electron chi connectivity index (χ4n) is 0.760. The lowest BCUT2D eigenvalue weighted by Crippen LogP contribution is -2.30. The molecule has 0 unspecified atom stereocenters. The van der Waals surface area contributed by atoms with Crippen LogP contribution in [0.4, 0.5) is 0 Å². The highest BCUT2D eigenvalue weighted by atomic mass is 16.7. The molecule has 0 atom stereocenters. The normalized spacial score (nSPS) is 18.5. The van der Waals surface area contributed by atoms with Gasteiger partial charge in [0.2, 0.25) is 0 Å². The Labute approximate surface area is 64.3 Å². The quantitative estimate of drug-likeness (QED) is 0.489. The Bertz CT molecular complexity index is 224. The molecule has 1 aliphatic heterocycles. The molecule has 5 heteroatoms. The number of carbonyl (C=O) groups excluding carboxylic acids is 3. The van der Waals surface area contributed by atoms with Gasteiger partial charge in [0, 0.05) is 21.1 Å². The van der Waals surface area contributed by atoms with Gasteiger partial charge in [-0.3, -0.25) is 9.59 Å². The predicted octanol–water partition coefficient (Wildman–Crippen LogP) is -0.387. The molecule has 2 amide bonds. The van der Waals surface area contributed by atoms with Crippen molar-refractivity contribution in [2.45, 2.75) is 19.7 Å². The zero-order valence-corrected chi connectivity index (χ0v) is 5.70. The molecule has 60 valence electrons. The summed E-state index contributed by atoms with van der Waals surface area (Å²) in [5.41, 5.74) is 0. The van der Waals surface area contributed by atoms with Gasteiger partial charge < -0.3 is 4.84 Å². The second-order valence-electron chi connectivity index (χ2n) is 2.05. The smallest absolute Gasteiger partial charge is 0.330 e. The van der Waals surface area contributed by atoms with Crippen molar-refractivity contribution in [3.8, 4) is 0 Å². The minimum absolute atomic E-state index is 0.0735. The van der Waals surface area contributed by atoms with E-state index in [9.17, 15) is 14.4 Å². The summed E-state index contributed by atoms with van der Waals surface area (Å²) in [6.45, 7) is -0.600. The first-order chi connectivity index (χ1) is 5.65. The van der Waals surface area contributed by atoms with Crippen LogP contribution in [-0.4, -0.2) is 22.8 Å². The monoisotopic (exact) mass is 159 g/mol. The SMILES string of the molecule is [3H]CC(=O)ON1C(=O)CCC1=O. The van der Waals surface area contributed by atoms with Crippen molar-refractivity contribution in [2.24, 2.45) is 0 Å². The molecule has 11 heavy (non-hydrogen) atoms. The van der Waals surface area contributed by atoms with Gasteiger partial charge >= 0.3 is 5.97 Å². The summed E-state index contributed by atoms with van der Waals surface area (Å²) in [4.78, 5) is 36.4. The molecule has 0 bridgehead atoms. The van der Waals surface area contributed by atoms with Crippen LogP contribution >= 0.6 is 0 Å². The number of nitrogens with zero attached hydrogens (tertiary/aromatic N) is 1.